The monoisotopic (exact) mass is 289 g/mol. The van der Waals surface area contributed by atoms with Crippen molar-refractivity contribution < 1.29 is 4.39 Å². The molecule has 1 aromatic carbocycles. The van der Waals surface area contributed by atoms with E-state index in [1.165, 1.54) is 0 Å². The smallest absolute Gasteiger partial charge is 0.131 e. The summed E-state index contributed by atoms with van der Waals surface area (Å²) in [5, 5.41) is 7.82. The normalized spacial score (nSPS) is 11.3. The van der Waals surface area contributed by atoms with E-state index in [1.54, 1.807) is 10.7 Å². The molecular weight excluding hydrogens is 265 g/mol. The van der Waals surface area contributed by atoms with Gasteiger partial charge in [-0.3, -0.25) is 4.68 Å². The van der Waals surface area contributed by atoms with E-state index in [4.69, 9.17) is 0 Å². The number of rotatable bonds is 6. The van der Waals surface area contributed by atoms with Gasteiger partial charge in [-0.15, -0.1) is 0 Å². The molecular formula is C17H24FN3. The van der Waals surface area contributed by atoms with Crippen LogP contribution in [0.1, 0.15) is 44.4 Å². The van der Waals surface area contributed by atoms with Gasteiger partial charge in [0.1, 0.15) is 5.82 Å². The summed E-state index contributed by atoms with van der Waals surface area (Å²) in [5.74, 6) is 0.0756. The molecule has 0 saturated carbocycles. The number of hydrogen-bond donors (Lipinski definition) is 1. The average Bonchev–Trinajstić information content (AvgIpc) is 2.83. The third kappa shape index (κ3) is 3.70. The number of benzene rings is 1. The third-order valence-corrected chi connectivity index (χ3v) is 3.48. The summed E-state index contributed by atoms with van der Waals surface area (Å²) in [6.45, 7) is 8.02. The highest BCUT2D eigenvalue weighted by Gasteiger charge is 2.16. The summed E-state index contributed by atoms with van der Waals surface area (Å²) in [6, 6.07) is 5.32. The summed E-state index contributed by atoms with van der Waals surface area (Å²) in [7, 11) is 1.87. The first kappa shape index (κ1) is 15.7. The van der Waals surface area contributed by atoms with E-state index in [-0.39, 0.29) is 11.7 Å². The molecule has 0 radical (unpaired) electrons. The van der Waals surface area contributed by atoms with Gasteiger partial charge < -0.3 is 5.32 Å². The fraction of sp³-hybridized carbons (Fsp3) is 0.471. The van der Waals surface area contributed by atoms with Gasteiger partial charge in [0.15, 0.2) is 0 Å². The predicted molar refractivity (Wildman–Crippen MR) is 84.7 cm³/mol. The molecule has 114 valence electrons. The lowest BCUT2D eigenvalue weighted by molar-refractivity contribution is 0.627. The quantitative estimate of drug-likeness (QED) is 0.819. The van der Waals surface area contributed by atoms with E-state index in [1.807, 2.05) is 25.4 Å². The Labute approximate surface area is 126 Å². The Bertz CT molecular complexity index is 602. The molecule has 0 aliphatic heterocycles. The zero-order valence-corrected chi connectivity index (χ0v) is 13.3. The minimum Gasteiger partial charge on any atom is -0.313 e. The topological polar surface area (TPSA) is 29.9 Å². The molecule has 2 rings (SSSR count). The third-order valence-electron chi connectivity index (χ3n) is 3.48. The van der Waals surface area contributed by atoms with Crippen molar-refractivity contribution in [3.05, 3.63) is 41.5 Å². The van der Waals surface area contributed by atoms with Crippen LogP contribution in [0.4, 0.5) is 4.39 Å². The molecule has 1 aromatic heterocycles. The van der Waals surface area contributed by atoms with E-state index in [9.17, 15) is 4.39 Å². The first-order valence-corrected chi connectivity index (χ1v) is 7.56. The molecule has 0 atom stereocenters. The van der Waals surface area contributed by atoms with Crippen molar-refractivity contribution in [1.82, 2.24) is 15.1 Å². The lowest BCUT2D eigenvalue weighted by Crippen LogP contribution is -2.13. The Kier molecular flexibility index (Phi) is 5.12. The summed E-state index contributed by atoms with van der Waals surface area (Å²) in [5.41, 5.74) is 3.57. The van der Waals surface area contributed by atoms with Crippen molar-refractivity contribution in [2.75, 3.05) is 6.54 Å². The van der Waals surface area contributed by atoms with E-state index in [0.717, 1.165) is 36.3 Å². The first-order chi connectivity index (χ1) is 10.0. The standard InChI is InChI=1S/C17H24FN3/c1-5-8-19-10-13-6-7-16(18)14(9-13)15-11-21(4)20-17(15)12(2)3/h6-7,9,11-12,19H,5,8,10H2,1-4H3. The number of aryl methyl sites for hydroxylation is 1. The van der Waals surface area contributed by atoms with E-state index in [0.29, 0.717) is 5.56 Å². The Balaban J connectivity index is 2.36. The minimum absolute atomic E-state index is 0.191. The number of nitrogens with one attached hydrogen (secondary N) is 1. The van der Waals surface area contributed by atoms with Crippen LogP contribution in [0.2, 0.25) is 0 Å². The van der Waals surface area contributed by atoms with Crippen LogP contribution in [0.25, 0.3) is 11.1 Å². The molecule has 1 N–H and O–H groups in total. The van der Waals surface area contributed by atoms with Gasteiger partial charge in [-0.05, 0) is 36.6 Å². The van der Waals surface area contributed by atoms with E-state index in [2.05, 4.69) is 31.2 Å². The predicted octanol–water partition coefficient (Wildman–Crippen LogP) is 3.85. The van der Waals surface area contributed by atoms with Gasteiger partial charge in [0.2, 0.25) is 0 Å². The second-order valence-electron chi connectivity index (χ2n) is 5.75. The lowest BCUT2D eigenvalue weighted by atomic mass is 9.98. The van der Waals surface area contributed by atoms with Gasteiger partial charge in [0, 0.05) is 30.9 Å². The van der Waals surface area contributed by atoms with Crippen molar-refractivity contribution >= 4 is 0 Å². The molecule has 0 bridgehead atoms. The highest BCUT2D eigenvalue weighted by Crippen LogP contribution is 2.30. The van der Waals surface area contributed by atoms with Crippen LogP contribution in [0.3, 0.4) is 0 Å². The second kappa shape index (κ2) is 6.85. The Hall–Kier alpha value is -1.68. The zero-order chi connectivity index (χ0) is 15.4. The molecule has 0 saturated heterocycles. The highest BCUT2D eigenvalue weighted by molar-refractivity contribution is 5.67. The SMILES string of the molecule is CCCNCc1ccc(F)c(-c2cn(C)nc2C(C)C)c1. The van der Waals surface area contributed by atoms with Gasteiger partial charge in [0.05, 0.1) is 5.69 Å². The minimum atomic E-state index is -0.191. The van der Waals surface area contributed by atoms with Crippen molar-refractivity contribution in [2.45, 2.75) is 39.7 Å². The molecule has 0 unspecified atom stereocenters. The van der Waals surface area contributed by atoms with Gasteiger partial charge in [0.25, 0.3) is 0 Å². The van der Waals surface area contributed by atoms with Crippen molar-refractivity contribution in [2.24, 2.45) is 7.05 Å². The Morgan fingerprint density at radius 1 is 1.29 bits per heavy atom. The molecule has 0 aliphatic carbocycles. The maximum absolute atomic E-state index is 14.2. The summed E-state index contributed by atoms with van der Waals surface area (Å²) in [6.07, 6.45) is 2.99. The van der Waals surface area contributed by atoms with E-state index < -0.39 is 0 Å². The molecule has 4 heteroatoms. The van der Waals surface area contributed by atoms with Crippen molar-refractivity contribution in [1.29, 1.82) is 0 Å². The largest absolute Gasteiger partial charge is 0.313 e. The number of hydrogen-bond acceptors (Lipinski definition) is 2. The molecule has 0 aliphatic rings. The maximum atomic E-state index is 14.2. The van der Waals surface area contributed by atoms with Crippen LogP contribution < -0.4 is 5.32 Å². The molecule has 0 fully saturated rings. The van der Waals surface area contributed by atoms with Crippen LogP contribution in [0, 0.1) is 5.82 Å². The van der Waals surface area contributed by atoms with Crippen molar-refractivity contribution in [3.63, 3.8) is 0 Å². The Morgan fingerprint density at radius 3 is 2.71 bits per heavy atom. The molecule has 0 spiro atoms. The van der Waals surface area contributed by atoms with Crippen LogP contribution >= 0.6 is 0 Å². The molecule has 2 aromatic rings. The molecule has 0 amide bonds. The maximum Gasteiger partial charge on any atom is 0.131 e. The zero-order valence-electron chi connectivity index (χ0n) is 13.3. The molecule has 21 heavy (non-hydrogen) atoms. The van der Waals surface area contributed by atoms with Gasteiger partial charge in [-0.25, -0.2) is 4.39 Å². The average molecular weight is 289 g/mol. The number of halogens is 1. The van der Waals surface area contributed by atoms with Crippen LogP contribution in [-0.4, -0.2) is 16.3 Å². The molecule has 1 heterocycles. The fourth-order valence-electron chi connectivity index (χ4n) is 2.44. The van der Waals surface area contributed by atoms with E-state index >= 15 is 0 Å². The van der Waals surface area contributed by atoms with Crippen LogP contribution in [0.15, 0.2) is 24.4 Å². The fourth-order valence-corrected chi connectivity index (χ4v) is 2.44. The second-order valence-corrected chi connectivity index (χ2v) is 5.75. The van der Waals surface area contributed by atoms with Gasteiger partial charge in [-0.1, -0.05) is 26.8 Å². The van der Waals surface area contributed by atoms with Gasteiger partial charge >= 0.3 is 0 Å². The lowest BCUT2D eigenvalue weighted by Gasteiger charge is -2.09. The number of aromatic nitrogens is 2. The number of nitrogens with zero attached hydrogens (tertiary/aromatic N) is 2. The first-order valence-electron chi connectivity index (χ1n) is 7.56. The summed E-state index contributed by atoms with van der Waals surface area (Å²) in [4.78, 5) is 0. The van der Waals surface area contributed by atoms with Gasteiger partial charge in [-0.2, -0.15) is 5.10 Å². The summed E-state index contributed by atoms with van der Waals surface area (Å²) < 4.78 is 16.0. The molecule has 3 nitrogen and oxygen atoms in total. The summed E-state index contributed by atoms with van der Waals surface area (Å²) >= 11 is 0. The van der Waals surface area contributed by atoms with Crippen LogP contribution in [0.5, 0.6) is 0 Å². The van der Waals surface area contributed by atoms with Crippen LogP contribution in [-0.2, 0) is 13.6 Å². The highest BCUT2D eigenvalue weighted by atomic mass is 19.1. The Morgan fingerprint density at radius 2 is 2.05 bits per heavy atom. The van der Waals surface area contributed by atoms with Crippen molar-refractivity contribution in [3.8, 4) is 11.1 Å².